The molecule has 0 aliphatic rings. The molecule has 0 unspecified atom stereocenters. The van der Waals surface area contributed by atoms with Gasteiger partial charge >= 0.3 is 0 Å². The number of rotatable bonds is 1. The molecular weight excluding hydrogens is 265 g/mol. The van der Waals surface area contributed by atoms with Gasteiger partial charge < -0.3 is 5.73 Å². The molecule has 0 spiro atoms. The third-order valence-corrected chi connectivity index (χ3v) is 2.92. The lowest BCUT2D eigenvalue weighted by molar-refractivity contribution is -0.109. The summed E-state index contributed by atoms with van der Waals surface area (Å²) in [6.45, 7) is 1.50. The van der Waals surface area contributed by atoms with Crippen molar-refractivity contribution in [3.63, 3.8) is 0 Å². The summed E-state index contributed by atoms with van der Waals surface area (Å²) in [5.74, 6) is 6.06. The molecule has 0 heterocycles. The van der Waals surface area contributed by atoms with E-state index in [1.165, 1.54) is 6.92 Å². The lowest BCUT2D eigenvalue weighted by Gasteiger charge is -2.01. The van der Waals surface area contributed by atoms with E-state index in [-0.39, 0.29) is 5.12 Å². The molecule has 0 atom stereocenters. The highest BCUT2D eigenvalue weighted by Crippen LogP contribution is 2.26. The summed E-state index contributed by atoms with van der Waals surface area (Å²) in [7, 11) is 0. The van der Waals surface area contributed by atoms with Crippen LogP contribution in [0.1, 0.15) is 12.5 Å². The summed E-state index contributed by atoms with van der Waals surface area (Å²) in [4.78, 5) is 10.7. The summed E-state index contributed by atoms with van der Waals surface area (Å²) in [6, 6.07) is 3.19. The lowest BCUT2D eigenvalue weighted by Crippen LogP contribution is -1.88. The van der Waals surface area contributed by atoms with Gasteiger partial charge in [0.1, 0.15) is 0 Å². The van der Waals surface area contributed by atoms with Crippen molar-refractivity contribution in [3.05, 3.63) is 27.7 Å². The Morgan fingerprint density at radius 1 is 1.44 bits per heavy atom. The van der Waals surface area contributed by atoms with Gasteiger partial charge in [-0.1, -0.05) is 46.8 Å². The maximum absolute atomic E-state index is 10.7. The van der Waals surface area contributed by atoms with Crippen molar-refractivity contribution in [2.24, 2.45) is 0 Å². The Balaban J connectivity index is 2.84. The van der Waals surface area contributed by atoms with Gasteiger partial charge in [-0.15, -0.1) is 0 Å². The second-order valence-corrected chi connectivity index (χ2v) is 4.91. The molecule has 1 aromatic rings. The minimum absolute atomic E-state index is 0.0313. The molecule has 0 aromatic heterocycles. The standard InChI is InChI=1S/C11H9Cl2NOS/c1-7(15)16-4-2-3-9-10(12)5-8(14)6-11(9)13/h5-6H,4,14H2,1H3. The monoisotopic (exact) mass is 273 g/mol. The van der Waals surface area contributed by atoms with Gasteiger partial charge in [-0.3, -0.25) is 4.79 Å². The highest BCUT2D eigenvalue weighted by Gasteiger charge is 2.04. The highest BCUT2D eigenvalue weighted by atomic mass is 35.5. The maximum Gasteiger partial charge on any atom is 0.186 e. The number of carbonyl (C=O) groups excluding carboxylic acids is 1. The Labute approximate surface area is 108 Å². The molecule has 0 amide bonds. The SMILES string of the molecule is CC(=O)SCC#Cc1c(Cl)cc(N)cc1Cl. The molecule has 2 N–H and O–H groups in total. The van der Waals surface area contributed by atoms with Crippen LogP contribution in [0.15, 0.2) is 12.1 Å². The predicted molar refractivity (Wildman–Crippen MR) is 70.9 cm³/mol. The quantitative estimate of drug-likeness (QED) is 0.631. The van der Waals surface area contributed by atoms with Crippen LogP contribution < -0.4 is 5.73 Å². The molecule has 1 aromatic carbocycles. The first-order valence-corrected chi connectivity index (χ1v) is 6.11. The van der Waals surface area contributed by atoms with Crippen LogP contribution in [-0.4, -0.2) is 10.9 Å². The summed E-state index contributed by atoms with van der Waals surface area (Å²) in [5.41, 5.74) is 6.60. The summed E-state index contributed by atoms with van der Waals surface area (Å²) < 4.78 is 0. The molecule has 1 rings (SSSR count). The van der Waals surface area contributed by atoms with Gasteiger partial charge in [-0.2, -0.15) is 0 Å². The van der Waals surface area contributed by atoms with Gasteiger partial charge in [-0.05, 0) is 12.1 Å². The average Bonchev–Trinajstić information content (AvgIpc) is 2.14. The normalized spacial score (nSPS) is 9.44. The van der Waals surface area contributed by atoms with E-state index in [4.69, 9.17) is 28.9 Å². The first-order valence-electron chi connectivity index (χ1n) is 4.37. The number of hydrogen-bond donors (Lipinski definition) is 1. The van der Waals surface area contributed by atoms with Gasteiger partial charge in [0, 0.05) is 12.6 Å². The van der Waals surface area contributed by atoms with Crippen LogP contribution in [0.3, 0.4) is 0 Å². The van der Waals surface area contributed by atoms with Crippen molar-refractivity contribution < 1.29 is 4.79 Å². The number of hydrogen-bond acceptors (Lipinski definition) is 3. The Morgan fingerprint density at radius 3 is 2.50 bits per heavy atom. The van der Waals surface area contributed by atoms with Gasteiger partial charge in [0.05, 0.1) is 21.4 Å². The van der Waals surface area contributed by atoms with E-state index in [2.05, 4.69) is 11.8 Å². The minimum atomic E-state index is 0.0313. The zero-order chi connectivity index (χ0) is 12.1. The zero-order valence-electron chi connectivity index (χ0n) is 8.51. The fraction of sp³-hybridized carbons (Fsp3) is 0.182. The van der Waals surface area contributed by atoms with Crippen molar-refractivity contribution in [2.75, 3.05) is 11.5 Å². The van der Waals surface area contributed by atoms with Crippen LogP contribution in [0.4, 0.5) is 5.69 Å². The van der Waals surface area contributed by atoms with Gasteiger partial charge in [0.15, 0.2) is 5.12 Å². The van der Waals surface area contributed by atoms with Crippen molar-refractivity contribution in [3.8, 4) is 11.8 Å². The van der Waals surface area contributed by atoms with E-state index < -0.39 is 0 Å². The van der Waals surface area contributed by atoms with Crippen molar-refractivity contribution in [1.82, 2.24) is 0 Å². The predicted octanol–water partition coefficient (Wildman–Crippen LogP) is 3.21. The topological polar surface area (TPSA) is 43.1 Å². The Bertz CT molecular complexity index is 454. The number of thioether (sulfide) groups is 1. The number of nitrogens with two attached hydrogens (primary N) is 1. The molecule has 0 aliphatic carbocycles. The first-order chi connectivity index (χ1) is 7.50. The molecule has 2 nitrogen and oxygen atoms in total. The van der Waals surface area contributed by atoms with Gasteiger partial charge in [0.2, 0.25) is 0 Å². The number of anilines is 1. The second-order valence-electron chi connectivity index (χ2n) is 2.94. The molecule has 84 valence electrons. The van der Waals surface area contributed by atoms with Crippen LogP contribution in [0.25, 0.3) is 0 Å². The Hall–Kier alpha value is -0.820. The Kier molecular flexibility index (Phi) is 5.01. The van der Waals surface area contributed by atoms with Crippen LogP contribution in [0.5, 0.6) is 0 Å². The number of halogens is 2. The second kappa shape index (κ2) is 6.05. The van der Waals surface area contributed by atoms with Crippen molar-refractivity contribution in [1.29, 1.82) is 0 Å². The summed E-state index contributed by atoms with van der Waals surface area (Å²) in [6.07, 6.45) is 0. The van der Waals surface area contributed by atoms with Gasteiger partial charge in [-0.25, -0.2) is 0 Å². The largest absolute Gasteiger partial charge is 0.399 e. The van der Waals surface area contributed by atoms with E-state index in [0.717, 1.165) is 11.8 Å². The summed E-state index contributed by atoms with van der Waals surface area (Å²) in [5, 5.41) is 0.874. The van der Waals surface area contributed by atoms with E-state index in [1.807, 2.05) is 0 Å². The molecule has 16 heavy (non-hydrogen) atoms. The van der Waals surface area contributed by atoms with Crippen LogP contribution >= 0.6 is 35.0 Å². The van der Waals surface area contributed by atoms with E-state index in [0.29, 0.717) is 27.0 Å². The molecular formula is C11H9Cl2NOS. The van der Waals surface area contributed by atoms with Crippen LogP contribution in [0.2, 0.25) is 10.0 Å². The number of nitrogen functional groups attached to an aromatic ring is 1. The Morgan fingerprint density at radius 2 is 2.00 bits per heavy atom. The van der Waals surface area contributed by atoms with E-state index >= 15 is 0 Å². The van der Waals surface area contributed by atoms with Crippen LogP contribution in [-0.2, 0) is 4.79 Å². The van der Waals surface area contributed by atoms with Crippen molar-refractivity contribution >= 4 is 45.8 Å². The molecule has 5 heteroatoms. The molecule has 0 radical (unpaired) electrons. The first kappa shape index (κ1) is 13.2. The molecule has 0 saturated carbocycles. The fourth-order valence-electron chi connectivity index (χ4n) is 0.974. The van der Waals surface area contributed by atoms with E-state index in [9.17, 15) is 4.79 Å². The van der Waals surface area contributed by atoms with Gasteiger partial charge in [0.25, 0.3) is 0 Å². The average molecular weight is 274 g/mol. The highest BCUT2D eigenvalue weighted by molar-refractivity contribution is 8.13. The molecule has 0 saturated heterocycles. The minimum Gasteiger partial charge on any atom is -0.399 e. The third-order valence-electron chi connectivity index (χ3n) is 1.63. The smallest absolute Gasteiger partial charge is 0.186 e. The zero-order valence-corrected chi connectivity index (χ0v) is 10.8. The third kappa shape index (κ3) is 3.97. The number of carbonyl (C=O) groups is 1. The molecule has 0 fully saturated rings. The van der Waals surface area contributed by atoms with Crippen molar-refractivity contribution in [2.45, 2.75) is 6.92 Å². The van der Waals surface area contributed by atoms with E-state index in [1.54, 1.807) is 12.1 Å². The maximum atomic E-state index is 10.7. The summed E-state index contributed by atoms with van der Waals surface area (Å²) >= 11 is 13.0. The number of benzene rings is 1. The molecule has 0 aliphatic heterocycles. The molecule has 0 bridgehead atoms. The fourth-order valence-corrected chi connectivity index (χ4v) is 1.92. The van der Waals surface area contributed by atoms with Crippen LogP contribution in [0, 0.1) is 11.8 Å². The lowest BCUT2D eigenvalue weighted by atomic mass is 10.2.